The topological polar surface area (TPSA) is 99.5 Å². The van der Waals surface area contributed by atoms with Gasteiger partial charge in [0.1, 0.15) is 24.2 Å². The standard InChI is InChI=1S/C26H24FN3O4S/c27-22-7-4-9-24(16-22)34-18-19-5-3-8-23(15-19)29-26(31)20-11-13-30(14-12-20)35(32,33)25-10-2-1-6-21(25)17-28/h1-10,15-16,20H,11-14,18H2,(H,29,31). The average Bonchev–Trinajstić information content (AvgIpc) is 2.88. The molecule has 7 nitrogen and oxygen atoms in total. The maximum absolute atomic E-state index is 13.3. The number of amides is 1. The van der Waals surface area contributed by atoms with Crippen molar-refractivity contribution in [1.82, 2.24) is 4.31 Å². The normalized spacial score (nSPS) is 14.7. The van der Waals surface area contributed by atoms with Crippen LogP contribution in [0.5, 0.6) is 5.75 Å². The minimum absolute atomic E-state index is 0.0114. The van der Waals surface area contributed by atoms with Gasteiger partial charge in [-0.25, -0.2) is 12.8 Å². The van der Waals surface area contributed by atoms with E-state index in [1.165, 1.54) is 28.6 Å². The minimum atomic E-state index is -3.81. The quantitative estimate of drug-likeness (QED) is 0.529. The average molecular weight is 494 g/mol. The lowest BCUT2D eigenvalue weighted by molar-refractivity contribution is -0.120. The summed E-state index contributed by atoms with van der Waals surface area (Å²) in [5, 5.41) is 12.1. The van der Waals surface area contributed by atoms with Crippen LogP contribution in [-0.2, 0) is 21.4 Å². The van der Waals surface area contributed by atoms with Crippen molar-refractivity contribution in [3.05, 3.63) is 89.7 Å². The number of halogens is 1. The van der Waals surface area contributed by atoms with Gasteiger partial charge in [0, 0.05) is 30.8 Å². The maximum atomic E-state index is 13.3. The monoisotopic (exact) mass is 493 g/mol. The number of nitriles is 1. The number of benzene rings is 3. The molecule has 3 aromatic carbocycles. The number of hydrogen-bond acceptors (Lipinski definition) is 5. The van der Waals surface area contributed by atoms with Crippen molar-refractivity contribution < 1.29 is 22.3 Å². The molecule has 0 saturated carbocycles. The molecule has 1 amide bonds. The van der Waals surface area contributed by atoms with Gasteiger partial charge in [-0.05, 0) is 54.8 Å². The summed E-state index contributed by atoms with van der Waals surface area (Å²) in [6.07, 6.45) is 0.754. The second-order valence-electron chi connectivity index (χ2n) is 8.22. The Morgan fingerprint density at radius 1 is 1.06 bits per heavy atom. The summed E-state index contributed by atoms with van der Waals surface area (Å²) in [6.45, 7) is 0.608. The van der Waals surface area contributed by atoms with Gasteiger partial charge in [0.25, 0.3) is 0 Å². The second-order valence-corrected chi connectivity index (χ2v) is 10.1. The van der Waals surface area contributed by atoms with Crippen LogP contribution in [0.25, 0.3) is 0 Å². The van der Waals surface area contributed by atoms with Crippen LogP contribution in [0.1, 0.15) is 24.0 Å². The lowest BCUT2D eigenvalue weighted by Gasteiger charge is -2.30. The Bertz CT molecular complexity index is 1360. The van der Waals surface area contributed by atoms with E-state index in [1.807, 2.05) is 12.1 Å². The van der Waals surface area contributed by atoms with Gasteiger partial charge in [-0.3, -0.25) is 4.79 Å². The van der Waals surface area contributed by atoms with Crippen molar-refractivity contribution in [3.63, 3.8) is 0 Å². The van der Waals surface area contributed by atoms with Crippen LogP contribution in [0.2, 0.25) is 0 Å². The molecule has 4 rings (SSSR count). The van der Waals surface area contributed by atoms with Crippen LogP contribution in [0, 0.1) is 23.1 Å². The third-order valence-corrected chi connectivity index (χ3v) is 7.80. The highest BCUT2D eigenvalue weighted by Crippen LogP contribution is 2.26. The first kappa shape index (κ1) is 24.4. The summed E-state index contributed by atoms with van der Waals surface area (Å²) in [7, 11) is -3.81. The molecule has 1 heterocycles. The number of hydrogen-bond donors (Lipinski definition) is 1. The van der Waals surface area contributed by atoms with Crippen molar-refractivity contribution >= 4 is 21.6 Å². The lowest BCUT2D eigenvalue weighted by Crippen LogP contribution is -2.41. The van der Waals surface area contributed by atoms with Crippen molar-refractivity contribution in [2.24, 2.45) is 5.92 Å². The largest absolute Gasteiger partial charge is 0.489 e. The molecule has 9 heteroatoms. The Kier molecular flexibility index (Phi) is 7.44. The highest BCUT2D eigenvalue weighted by molar-refractivity contribution is 7.89. The van der Waals surface area contributed by atoms with E-state index in [0.29, 0.717) is 24.3 Å². The van der Waals surface area contributed by atoms with Crippen LogP contribution in [0.15, 0.2) is 77.7 Å². The number of nitrogens with one attached hydrogen (secondary N) is 1. The molecular weight excluding hydrogens is 469 g/mol. The zero-order chi connectivity index (χ0) is 24.8. The number of rotatable bonds is 7. The molecule has 1 N–H and O–H groups in total. The van der Waals surface area contributed by atoms with Crippen molar-refractivity contribution in [1.29, 1.82) is 5.26 Å². The molecule has 35 heavy (non-hydrogen) atoms. The number of carbonyl (C=O) groups is 1. The Labute approximate surface area is 203 Å². The summed E-state index contributed by atoms with van der Waals surface area (Å²) in [5.41, 5.74) is 1.52. The van der Waals surface area contributed by atoms with Crippen LogP contribution in [-0.4, -0.2) is 31.7 Å². The van der Waals surface area contributed by atoms with Crippen molar-refractivity contribution in [3.8, 4) is 11.8 Å². The van der Waals surface area contributed by atoms with Gasteiger partial charge in [0.15, 0.2) is 0 Å². The molecule has 1 aliphatic rings. The summed E-state index contributed by atoms with van der Waals surface area (Å²) in [6, 6.07) is 21.1. The zero-order valence-electron chi connectivity index (χ0n) is 18.9. The summed E-state index contributed by atoms with van der Waals surface area (Å²) < 4.78 is 46.2. The molecule has 3 aromatic rings. The van der Waals surface area contributed by atoms with Gasteiger partial charge < -0.3 is 10.1 Å². The van der Waals surface area contributed by atoms with Gasteiger partial charge in [0.2, 0.25) is 15.9 Å². The van der Waals surface area contributed by atoms with Crippen LogP contribution >= 0.6 is 0 Å². The van der Waals surface area contributed by atoms with Crippen LogP contribution in [0.3, 0.4) is 0 Å². The molecule has 0 aromatic heterocycles. The maximum Gasteiger partial charge on any atom is 0.244 e. The molecule has 1 saturated heterocycles. The van der Waals surface area contributed by atoms with E-state index in [9.17, 15) is 22.9 Å². The highest BCUT2D eigenvalue weighted by Gasteiger charge is 2.33. The Morgan fingerprint density at radius 3 is 2.54 bits per heavy atom. The molecule has 180 valence electrons. The minimum Gasteiger partial charge on any atom is -0.489 e. The smallest absolute Gasteiger partial charge is 0.244 e. The van der Waals surface area contributed by atoms with Crippen molar-refractivity contribution in [2.75, 3.05) is 18.4 Å². The molecule has 1 aliphatic heterocycles. The van der Waals surface area contributed by atoms with Crippen LogP contribution in [0.4, 0.5) is 10.1 Å². The zero-order valence-corrected chi connectivity index (χ0v) is 19.7. The van der Waals surface area contributed by atoms with E-state index >= 15 is 0 Å². The van der Waals surface area contributed by atoms with E-state index < -0.39 is 10.0 Å². The predicted molar refractivity (Wildman–Crippen MR) is 128 cm³/mol. The molecule has 0 unspecified atom stereocenters. The number of carbonyl (C=O) groups excluding carboxylic acids is 1. The van der Waals surface area contributed by atoms with E-state index in [-0.39, 0.29) is 47.8 Å². The van der Waals surface area contributed by atoms with Gasteiger partial charge in [0.05, 0.1) is 10.5 Å². The molecule has 0 aliphatic carbocycles. The van der Waals surface area contributed by atoms with E-state index in [1.54, 1.807) is 42.5 Å². The summed E-state index contributed by atoms with van der Waals surface area (Å²) in [4.78, 5) is 12.8. The number of ether oxygens (including phenoxy) is 1. The van der Waals surface area contributed by atoms with Crippen molar-refractivity contribution in [2.45, 2.75) is 24.3 Å². The molecule has 0 spiro atoms. The number of nitrogens with zero attached hydrogens (tertiary/aromatic N) is 2. The first-order chi connectivity index (χ1) is 16.9. The Balaban J connectivity index is 1.34. The number of piperidine rings is 1. The molecule has 0 bridgehead atoms. The van der Waals surface area contributed by atoms with Crippen LogP contribution < -0.4 is 10.1 Å². The summed E-state index contributed by atoms with van der Waals surface area (Å²) >= 11 is 0. The van der Waals surface area contributed by atoms with Gasteiger partial charge in [-0.1, -0.05) is 30.3 Å². The molecule has 0 atom stereocenters. The van der Waals surface area contributed by atoms with Gasteiger partial charge in [-0.15, -0.1) is 0 Å². The summed E-state index contributed by atoms with van der Waals surface area (Å²) in [5.74, 6) is -0.474. The fourth-order valence-corrected chi connectivity index (χ4v) is 5.60. The van der Waals surface area contributed by atoms with E-state index in [2.05, 4.69) is 5.32 Å². The van der Waals surface area contributed by atoms with Gasteiger partial charge in [-0.2, -0.15) is 9.57 Å². The lowest BCUT2D eigenvalue weighted by atomic mass is 9.97. The third kappa shape index (κ3) is 5.85. The van der Waals surface area contributed by atoms with E-state index in [4.69, 9.17) is 4.74 Å². The molecule has 1 fully saturated rings. The SMILES string of the molecule is N#Cc1ccccc1S(=O)(=O)N1CCC(C(=O)Nc2cccc(COc3cccc(F)c3)c2)CC1. The Hall–Kier alpha value is -3.74. The fourth-order valence-electron chi connectivity index (χ4n) is 3.99. The number of sulfonamides is 1. The Morgan fingerprint density at radius 2 is 1.80 bits per heavy atom. The second kappa shape index (κ2) is 10.7. The predicted octanol–water partition coefficient (Wildman–Crippen LogP) is 4.32. The van der Waals surface area contributed by atoms with Gasteiger partial charge >= 0.3 is 0 Å². The highest BCUT2D eigenvalue weighted by atomic mass is 32.2. The number of anilines is 1. The van der Waals surface area contributed by atoms with E-state index in [0.717, 1.165) is 5.56 Å². The fraction of sp³-hybridized carbons (Fsp3) is 0.231. The first-order valence-corrected chi connectivity index (χ1v) is 12.6. The molecular formula is C26H24FN3O4S. The first-order valence-electron chi connectivity index (χ1n) is 11.1. The third-order valence-electron chi connectivity index (χ3n) is 5.85. The molecule has 0 radical (unpaired) electrons.